The van der Waals surface area contributed by atoms with Crippen molar-refractivity contribution in [2.45, 2.75) is 20.0 Å². The monoisotopic (exact) mass is 314 g/mol. The number of esters is 1. The highest BCUT2D eigenvalue weighted by molar-refractivity contribution is 5.72. The number of fused-ring (bicyclic) bond motifs is 1. The first-order valence-corrected chi connectivity index (χ1v) is 7.50. The molecule has 0 amide bonds. The van der Waals surface area contributed by atoms with Gasteiger partial charge in [-0.3, -0.25) is 4.79 Å². The molecule has 5 heteroatoms. The van der Waals surface area contributed by atoms with Crippen LogP contribution in [0.2, 0.25) is 0 Å². The molecule has 1 aliphatic rings. The Labute approximate surface area is 134 Å². The summed E-state index contributed by atoms with van der Waals surface area (Å²) in [7, 11) is 0. The Balaban J connectivity index is 1.55. The normalized spacial score (nSPS) is 12.0. The van der Waals surface area contributed by atoms with E-state index in [9.17, 15) is 4.79 Å². The molecule has 0 aliphatic carbocycles. The van der Waals surface area contributed by atoms with Crippen LogP contribution in [0.1, 0.15) is 18.1 Å². The summed E-state index contributed by atoms with van der Waals surface area (Å²) in [5, 5.41) is 0. The van der Waals surface area contributed by atoms with Crippen LogP contribution in [0.4, 0.5) is 0 Å². The first kappa shape index (κ1) is 15.2. The van der Waals surface area contributed by atoms with Crippen LogP contribution in [-0.4, -0.2) is 19.4 Å². The summed E-state index contributed by atoms with van der Waals surface area (Å²) in [6.45, 7) is 2.90. The second-order valence-electron chi connectivity index (χ2n) is 5.10. The van der Waals surface area contributed by atoms with Crippen LogP contribution in [0.15, 0.2) is 42.5 Å². The summed E-state index contributed by atoms with van der Waals surface area (Å²) in [5.41, 5.74) is 1.91. The Morgan fingerprint density at radius 3 is 2.57 bits per heavy atom. The molecular formula is C18H18O5. The minimum absolute atomic E-state index is 0.221. The van der Waals surface area contributed by atoms with Gasteiger partial charge in [0.15, 0.2) is 11.5 Å². The summed E-state index contributed by atoms with van der Waals surface area (Å²) in [5.74, 6) is 2.03. The third kappa shape index (κ3) is 3.94. The molecule has 0 bridgehead atoms. The summed E-state index contributed by atoms with van der Waals surface area (Å²) in [6, 6.07) is 13.2. The molecule has 0 spiro atoms. The maximum absolute atomic E-state index is 11.4. The maximum atomic E-state index is 11.4. The molecule has 0 fully saturated rings. The molecule has 0 radical (unpaired) electrons. The molecule has 3 rings (SSSR count). The van der Waals surface area contributed by atoms with E-state index < -0.39 is 0 Å². The Hall–Kier alpha value is -2.69. The van der Waals surface area contributed by atoms with Crippen LogP contribution < -0.4 is 14.2 Å². The lowest BCUT2D eigenvalue weighted by Gasteiger charge is -2.08. The number of carbonyl (C=O) groups is 1. The van der Waals surface area contributed by atoms with Gasteiger partial charge in [0, 0.05) is 0 Å². The van der Waals surface area contributed by atoms with Crippen molar-refractivity contribution in [1.29, 1.82) is 0 Å². The molecular weight excluding hydrogens is 296 g/mol. The van der Waals surface area contributed by atoms with Crippen molar-refractivity contribution in [1.82, 2.24) is 0 Å². The minimum atomic E-state index is -0.221. The number of hydrogen-bond acceptors (Lipinski definition) is 5. The van der Waals surface area contributed by atoms with E-state index in [0.717, 1.165) is 28.4 Å². The van der Waals surface area contributed by atoms with Gasteiger partial charge in [-0.15, -0.1) is 0 Å². The Kier molecular flexibility index (Phi) is 4.66. The van der Waals surface area contributed by atoms with E-state index in [1.807, 2.05) is 42.5 Å². The van der Waals surface area contributed by atoms with Crippen LogP contribution in [0.3, 0.4) is 0 Å². The zero-order valence-electron chi connectivity index (χ0n) is 12.9. The van der Waals surface area contributed by atoms with Crippen LogP contribution >= 0.6 is 0 Å². The van der Waals surface area contributed by atoms with Gasteiger partial charge < -0.3 is 18.9 Å². The van der Waals surface area contributed by atoms with Crippen LogP contribution in [0.25, 0.3) is 0 Å². The molecule has 0 saturated heterocycles. The van der Waals surface area contributed by atoms with E-state index >= 15 is 0 Å². The predicted octanol–water partition coefficient (Wildman–Crippen LogP) is 3.10. The van der Waals surface area contributed by atoms with Gasteiger partial charge in [-0.25, -0.2) is 0 Å². The van der Waals surface area contributed by atoms with E-state index in [4.69, 9.17) is 18.9 Å². The number of hydrogen-bond donors (Lipinski definition) is 0. The lowest BCUT2D eigenvalue weighted by molar-refractivity contribution is -0.142. The second kappa shape index (κ2) is 7.05. The second-order valence-corrected chi connectivity index (χ2v) is 5.10. The van der Waals surface area contributed by atoms with E-state index in [0.29, 0.717) is 13.2 Å². The fraction of sp³-hybridized carbons (Fsp3) is 0.278. The number of benzene rings is 2. The quantitative estimate of drug-likeness (QED) is 0.767. The van der Waals surface area contributed by atoms with Gasteiger partial charge in [0.05, 0.1) is 13.0 Å². The fourth-order valence-corrected chi connectivity index (χ4v) is 2.28. The summed E-state index contributed by atoms with van der Waals surface area (Å²) in [6.07, 6.45) is 0.274. The number of rotatable bonds is 6. The van der Waals surface area contributed by atoms with Crippen molar-refractivity contribution in [3.05, 3.63) is 53.6 Å². The highest BCUT2D eigenvalue weighted by atomic mass is 16.7. The lowest BCUT2D eigenvalue weighted by Crippen LogP contribution is -2.07. The van der Waals surface area contributed by atoms with Gasteiger partial charge in [-0.05, 0) is 42.3 Å². The predicted molar refractivity (Wildman–Crippen MR) is 83.7 cm³/mol. The average Bonchev–Trinajstić information content (AvgIpc) is 3.02. The molecule has 1 heterocycles. The molecule has 2 aromatic rings. The third-order valence-electron chi connectivity index (χ3n) is 3.42. The van der Waals surface area contributed by atoms with E-state index in [1.54, 1.807) is 6.92 Å². The molecule has 120 valence electrons. The summed E-state index contributed by atoms with van der Waals surface area (Å²) < 4.78 is 21.3. The average molecular weight is 314 g/mol. The smallest absolute Gasteiger partial charge is 0.310 e. The molecule has 0 saturated carbocycles. The molecule has 0 N–H and O–H groups in total. The standard InChI is InChI=1S/C18H18O5/c1-2-20-18(19)10-13-3-6-15(7-4-13)21-11-14-5-8-16-17(9-14)23-12-22-16/h3-9H,2,10-12H2,1H3. The largest absolute Gasteiger partial charge is 0.489 e. The van der Waals surface area contributed by atoms with Crippen molar-refractivity contribution in [2.75, 3.05) is 13.4 Å². The lowest BCUT2D eigenvalue weighted by atomic mass is 10.1. The van der Waals surface area contributed by atoms with Crippen LogP contribution in [0.5, 0.6) is 17.2 Å². The van der Waals surface area contributed by atoms with Crippen molar-refractivity contribution in [2.24, 2.45) is 0 Å². The van der Waals surface area contributed by atoms with Gasteiger partial charge in [-0.1, -0.05) is 18.2 Å². The Morgan fingerprint density at radius 2 is 1.78 bits per heavy atom. The topological polar surface area (TPSA) is 54.0 Å². The number of carbonyl (C=O) groups excluding carboxylic acids is 1. The van der Waals surface area contributed by atoms with Crippen molar-refractivity contribution in [3.63, 3.8) is 0 Å². The van der Waals surface area contributed by atoms with E-state index in [1.165, 1.54) is 0 Å². The van der Waals surface area contributed by atoms with Gasteiger partial charge in [0.25, 0.3) is 0 Å². The van der Waals surface area contributed by atoms with Crippen molar-refractivity contribution in [3.8, 4) is 17.2 Å². The summed E-state index contributed by atoms with van der Waals surface area (Å²) >= 11 is 0. The zero-order valence-corrected chi connectivity index (χ0v) is 12.9. The SMILES string of the molecule is CCOC(=O)Cc1ccc(OCc2ccc3c(c2)OCO3)cc1. The maximum Gasteiger partial charge on any atom is 0.310 e. The highest BCUT2D eigenvalue weighted by Gasteiger charge is 2.13. The first-order chi connectivity index (χ1) is 11.2. The van der Waals surface area contributed by atoms with Crippen molar-refractivity contribution >= 4 is 5.97 Å². The zero-order chi connectivity index (χ0) is 16.1. The molecule has 5 nitrogen and oxygen atoms in total. The molecule has 0 aromatic heterocycles. The van der Waals surface area contributed by atoms with Gasteiger partial charge >= 0.3 is 5.97 Å². The van der Waals surface area contributed by atoms with Crippen LogP contribution in [-0.2, 0) is 22.6 Å². The van der Waals surface area contributed by atoms with Gasteiger partial charge in [-0.2, -0.15) is 0 Å². The Morgan fingerprint density at radius 1 is 1.04 bits per heavy atom. The minimum Gasteiger partial charge on any atom is -0.489 e. The first-order valence-electron chi connectivity index (χ1n) is 7.50. The fourth-order valence-electron chi connectivity index (χ4n) is 2.28. The Bertz CT molecular complexity index is 678. The van der Waals surface area contributed by atoms with Gasteiger partial charge in [0.1, 0.15) is 12.4 Å². The summed E-state index contributed by atoms with van der Waals surface area (Å²) in [4.78, 5) is 11.4. The van der Waals surface area contributed by atoms with Crippen LogP contribution in [0, 0.1) is 0 Å². The molecule has 0 unspecified atom stereocenters. The molecule has 23 heavy (non-hydrogen) atoms. The number of ether oxygens (including phenoxy) is 4. The molecule has 2 aromatic carbocycles. The van der Waals surface area contributed by atoms with Gasteiger partial charge in [0.2, 0.25) is 6.79 Å². The van der Waals surface area contributed by atoms with E-state index in [-0.39, 0.29) is 19.2 Å². The molecule has 0 atom stereocenters. The molecule has 1 aliphatic heterocycles. The van der Waals surface area contributed by atoms with Crippen molar-refractivity contribution < 1.29 is 23.7 Å². The third-order valence-corrected chi connectivity index (χ3v) is 3.42. The highest BCUT2D eigenvalue weighted by Crippen LogP contribution is 2.32. The van der Waals surface area contributed by atoms with E-state index in [2.05, 4.69) is 0 Å².